The predicted octanol–water partition coefficient (Wildman–Crippen LogP) is 5.60. The molecule has 2 aromatic rings. The van der Waals surface area contributed by atoms with Gasteiger partial charge in [-0.2, -0.15) is 0 Å². The van der Waals surface area contributed by atoms with Gasteiger partial charge in [0.25, 0.3) is 0 Å². The number of hydrogen-bond donors (Lipinski definition) is 1. The van der Waals surface area contributed by atoms with E-state index >= 15 is 0 Å². The van der Waals surface area contributed by atoms with Crippen LogP contribution in [-0.2, 0) is 4.74 Å². The number of ether oxygens (including phenoxy) is 1. The van der Waals surface area contributed by atoms with Gasteiger partial charge in [-0.05, 0) is 44.0 Å². The van der Waals surface area contributed by atoms with Gasteiger partial charge in [-0.15, -0.1) is 0 Å². The lowest BCUT2D eigenvalue weighted by molar-refractivity contribution is 0.0398. The van der Waals surface area contributed by atoms with Crippen LogP contribution in [0, 0.1) is 11.6 Å². The third-order valence-corrected chi connectivity index (χ3v) is 5.98. The maximum Gasteiger partial charge on any atom is 0.348 e. The molecule has 0 aliphatic heterocycles. The summed E-state index contributed by atoms with van der Waals surface area (Å²) in [4.78, 5) is 30.2. The topological polar surface area (TPSA) is 85.0 Å². The van der Waals surface area contributed by atoms with E-state index < -0.39 is 46.1 Å². The Morgan fingerprint density at radius 2 is 1.55 bits per heavy atom. The molecule has 0 bridgehead atoms. The highest BCUT2D eigenvalue weighted by Crippen LogP contribution is 2.36. The fraction of sp³-hybridized carbons (Fsp3) is 0.118. The Labute approximate surface area is 190 Å². The highest BCUT2D eigenvalue weighted by molar-refractivity contribution is 9.10. The van der Waals surface area contributed by atoms with E-state index in [1.165, 1.54) is 11.2 Å². The van der Waals surface area contributed by atoms with E-state index in [9.17, 15) is 18.4 Å². The molecular weight excluding hydrogens is 563 g/mol. The van der Waals surface area contributed by atoms with E-state index in [1.54, 1.807) is 14.1 Å². The number of esters is 2. The number of carbonyl (C=O) groups excluding carboxylic acids is 2. The summed E-state index contributed by atoms with van der Waals surface area (Å²) in [5, 5.41) is -0.312. The fourth-order valence-corrected chi connectivity index (χ4v) is 3.03. The van der Waals surface area contributed by atoms with Crippen molar-refractivity contribution >= 4 is 84.7 Å². The van der Waals surface area contributed by atoms with Gasteiger partial charge in [0.05, 0.1) is 42.1 Å². The Hall–Kier alpha value is -1.75. The number of nitrogens with zero attached hydrogens (tertiary/aromatic N) is 2. The summed E-state index contributed by atoms with van der Waals surface area (Å²) < 4.78 is 33.0. The first kappa shape index (κ1) is 23.5. The van der Waals surface area contributed by atoms with Crippen LogP contribution in [0.4, 0.5) is 20.2 Å². The van der Waals surface area contributed by atoms with E-state index in [2.05, 4.69) is 36.9 Å². The minimum atomic E-state index is -1.29. The zero-order valence-electron chi connectivity index (χ0n) is 14.7. The summed E-state index contributed by atoms with van der Waals surface area (Å²) in [5.41, 5.74) is 3.65. The second kappa shape index (κ2) is 9.38. The lowest BCUT2D eigenvalue weighted by atomic mass is 10.1. The SMILES string of the molecule is CN(C)/C=N/c1c(C(=O)OC(=O)c2cc(Cl)c(Br)c(F)c2N)cc(Cl)c(Br)c1F. The molecule has 6 nitrogen and oxygen atoms in total. The van der Waals surface area contributed by atoms with Crippen LogP contribution in [0.3, 0.4) is 0 Å². The second-order valence-corrected chi connectivity index (χ2v) is 8.12. The van der Waals surface area contributed by atoms with Crippen molar-refractivity contribution in [2.75, 3.05) is 19.8 Å². The van der Waals surface area contributed by atoms with Crippen LogP contribution in [0.25, 0.3) is 0 Å². The Bertz CT molecular complexity index is 1050. The first-order chi connectivity index (χ1) is 13.5. The van der Waals surface area contributed by atoms with E-state index in [1.807, 2.05) is 0 Å². The lowest BCUT2D eigenvalue weighted by Gasteiger charge is -2.12. The van der Waals surface area contributed by atoms with Crippen molar-refractivity contribution in [3.63, 3.8) is 0 Å². The third-order valence-electron chi connectivity index (χ3n) is 3.38. The molecule has 29 heavy (non-hydrogen) atoms. The van der Waals surface area contributed by atoms with Crippen molar-refractivity contribution in [2.45, 2.75) is 0 Å². The number of hydrogen-bond acceptors (Lipinski definition) is 5. The number of anilines is 1. The standard InChI is InChI=1S/C17H11Br2Cl2F2N3O3/c1-26(2)5-25-15-7(4-9(21)11(19)13(15)23)17(28)29-16(27)6-3-8(20)10(18)12(22)14(6)24/h3-5H,24H2,1-2H3/b25-5+. The zero-order chi connectivity index (χ0) is 22.0. The van der Waals surface area contributed by atoms with Gasteiger partial charge in [0.1, 0.15) is 5.69 Å². The first-order valence-corrected chi connectivity index (χ1v) is 9.87. The second-order valence-electron chi connectivity index (χ2n) is 5.72. The Morgan fingerprint density at radius 1 is 1.07 bits per heavy atom. The van der Waals surface area contributed by atoms with Gasteiger partial charge in [-0.3, -0.25) is 0 Å². The lowest BCUT2D eigenvalue weighted by Crippen LogP contribution is -2.16. The minimum Gasteiger partial charge on any atom is -0.396 e. The maximum atomic E-state index is 14.6. The minimum absolute atomic E-state index is 0.126. The number of halogens is 6. The highest BCUT2D eigenvalue weighted by Gasteiger charge is 2.26. The van der Waals surface area contributed by atoms with E-state index in [4.69, 9.17) is 33.7 Å². The molecule has 0 heterocycles. The van der Waals surface area contributed by atoms with Gasteiger partial charge in [0, 0.05) is 14.1 Å². The molecule has 0 radical (unpaired) electrons. The van der Waals surface area contributed by atoms with Gasteiger partial charge in [0.15, 0.2) is 11.6 Å². The van der Waals surface area contributed by atoms with E-state index in [-0.39, 0.29) is 19.0 Å². The molecule has 0 saturated heterocycles. The van der Waals surface area contributed by atoms with Gasteiger partial charge >= 0.3 is 11.9 Å². The zero-order valence-corrected chi connectivity index (χ0v) is 19.4. The average molecular weight is 574 g/mol. The number of benzene rings is 2. The smallest absolute Gasteiger partial charge is 0.348 e. The Morgan fingerprint density at radius 3 is 2.10 bits per heavy atom. The predicted molar refractivity (Wildman–Crippen MR) is 114 cm³/mol. The number of nitrogens with two attached hydrogens (primary N) is 1. The molecule has 154 valence electrons. The number of nitrogen functional groups attached to an aromatic ring is 1. The molecule has 0 saturated carbocycles. The molecule has 0 atom stereocenters. The van der Waals surface area contributed by atoms with Crippen LogP contribution < -0.4 is 5.73 Å². The molecule has 12 heteroatoms. The van der Waals surface area contributed by atoms with Crippen molar-refractivity contribution in [2.24, 2.45) is 4.99 Å². The molecule has 0 amide bonds. The molecule has 0 fully saturated rings. The highest BCUT2D eigenvalue weighted by atomic mass is 79.9. The first-order valence-electron chi connectivity index (χ1n) is 7.53. The molecule has 0 spiro atoms. The molecular formula is C17H11Br2Cl2F2N3O3. The van der Waals surface area contributed by atoms with Crippen molar-refractivity contribution in [1.29, 1.82) is 0 Å². The van der Waals surface area contributed by atoms with Crippen LogP contribution in [-0.4, -0.2) is 37.3 Å². The molecule has 2 aromatic carbocycles. The quantitative estimate of drug-likeness (QED) is 0.129. The molecule has 0 aliphatic carbocycles. The molecule has 2 N–H and O–H groups in total. The summed E-state index contributed by atoms with van der Waals surface area (Å²) in [6.07, 6.45) is 1.24. The van der Waals surface area contributed by atoms with Crippen LogP contribution in [0.5, 0.6) is 0 Å². The summed E-state index contributed by atoms with van der Waals surface area (Å²) in [7, 11) is 3.25. The van der Waals surface area contributed by atoms with Crippen molar-refractivity contribution in [3.8, 4) is 0 Å². The fourth-order valence-electron chi connectivity index (χ4n) is 2.01. The summed E-state index contributed by atoms with van der Waals surface area (Å²) >= 11 is 17.5. The number of carbonyl (C=O) groups is 2. The van der Waals surface area contributed by atoms with Gasteiger partial charge in [0.2, 0.25) is 0 Å². The monoisotopic (exact) mass is 571 g/mol. The van der Waals surface area contributed by atoms with Gasteiger partial charge < -0.3 is 15.4 Å². The van der Waals surface area contributed by atoms with Gasteiger partial charge in [-0.1, -0.05) is 23.2 Å². The van der Waals surface area contributed by atoms with Crippen LogP contribution in [0.1, 0.15) is 20.7 Å². The summed E-state index contributed by atoms with van der Waals surface area (Å²) in [5.74, 6) is -4.49. The largest absolute Gasteiger partial charge is 0.396 e. The normalized spacial score (nSPS) is 11.0. The molecule has 0 aromatic heterocycles. The van der Waals surface area contributed by atoms with Gasteiger partial charge in [-0.25, -0.2) is 23.4 Å². The average Bonchev–Trinajstić information content (AvgIpc) is 2.65. The molecule has 2 rings (SSSR count). The number of aliphatic imine (C=N–C) groups is 1. The van der Waals surface area contributed by atoms with Crippen molar-refractivity contribution in [1.82, 2.24) is 4.90 Å². The van der Waals surface area contributed by atoms with Crippen LogP contribution >= 0.6 is 55.1 Å². The van der Waals surface area contributed by atoms with Crippen molar-refractivity contribution in [3.05, 3.63) is 53.9 Å². The van der Waals surface area contributed by atoms with Crippen molar-refractivity contribution < 1.29 is 23.1 Å². The molecule has 0 unspecified atom stereocenters. The van der Waals surface area contributed by atoms with E-state index in [0.29, 0.717) is 0 Å². The Kier molecular flexibility index (Phi) is 7.61. The summed E-state index contributed by atoms with van der Waals surface area (Å²) in [6, 6.07) is 2.10. The third kappa shape index (κ3) is 5.06. The van der Waals surface area contributed by atoms with Crippen LogP contribution in [0.2, 0.25) is 10.0 Å². The molecule has 0 aliphatic rings. The number of rotatable bonds is 4. The Balaban J connectivity index is 2.47. The van der Waals surface area contributed by atoms with Crippen LogP contribution in [0.15, 0.2) is 26.1 Å². The van der Waals surface area contributed by atoms with E-state index in [0.717, 1.165) is 12.1 Å². The summed E-state index contributed by atoms with van der Waals surface area (Å²) in [6.45, 7) is 0. The maximum absolute atomic E-state index is 14.6.